The molecule has 0 spiro atoms. The second kappa shape index (κ2) is 6.36. The molecule has 1 unspecified atom stereocenters. The molecule has 2 aromatic carbocycles. The number of hydrogen-bond donors (Lipinski definition) is 0. The Labute approximate surface area is 133 Å². The Hall–Kier alpha value is -2.43. The van der Waals surface area contributed by atoms with Crippen molar-refractivity contribution < 1.29 is 18.3 Å². The molecule has 3 rings (SSSR count). The summed E-state index contributed by atoms with van der Waals surface area (Å²) in [5.74, 6) is -1.38. The molecule has 120 valence electrons. The highest BCUT2D eigenvalue weighted by Crippen LogP contribution is 2.34. The Morgan fingerprint density at radius 3 is 2.78 bits per heavy atom. The van der Waals surface area contributed by atoms with Crippen molar-refractivity contribution in [1.29, 1.82) is 0 Å². The van der Waals surface area contributed by atoms with Crippen molar-refractivity contribution >= 4 is 5.91 Å². The zero-order valence-electron chi connectivity index (χ0n) is 12.8. The zero-order valence-corrected chi connectivity index (χ0v) is 12.8. The van der Waals surface area contributed by atoms with E-state index in [0.717, 1.165) is 23.4 Å². The molecule has 0 aliphatic carbocycles. The van der Waals surface area contributed by atoms with Gasteiger partial charge in [0, 0.05) is 19.2 Å². The van der Waals surface area contributed by atoms with Crippen molar-refractivity contribution in [3.8, 4) is 5.75 Å². The summed E-state index contributed by atoms with van der Waals surface area (Å²) in [4.78, 5) is 14.3. The third-order valence-corrected chi connectivity index (χ3v) is 4.04. The van der Waals surface area contributed by atoms with Gasteiger partial charge in [0.2, 0.25) is 5.91 Å². The van der Waals surface area contributed by atoms with Crippen LogP contribution in [0.4, 0.5) is 8.78 Å². The smallest absolute Gasteiger partial charge is 0.230 e. The summed E-state index contributed by atoms with van der Waals surface area (Å²) in [5.41, 5.74) is 1.43. The number of benzene rings is 2. The fraction of sp³-hybridized carbons (Fsp3) is 0.278. The quantitative estimate of drug-likeness (QED) is 0.867. The van der Waals surface area contributed by atoms with Gasteiger partial charge in [-0.25, -0.2) is 8.78 Å². The first-order chi connectivity index (χ1) is 11.1. The lowest BCUT2D eigenvalue weighted by atomic mass is 9.92. The SMILES string of the molecule is CN(Cc1ccc(F)c(F)c1)C(=O)C1CCOc2ccccc21. The number of ether oxygens (including phenoxy) is 1. The van der Waals surface area contributed by atoms with Crippen molar-refractivity contribution in [2.24, 2.45) is 0 Å². The molecular formula is C18H17F2NO2. The van der Waals surface area contributed by atoms with Crippen LogP contribution in [0.25, 0.3) is 0 Å². The van der Waals surface area contributed by atoms with Gasteiger partial charge >= 0.3 is 0 Å². The third-order valence-electron chi connectivity index (χ3n) is 4.04. The molecule has 1 heterocycles. The molecule has 0 fully saturated rings. The molecule has 0 saturated heterocycles. The molecule has 3 nitrogen and oxygen atoms in total. The van der Waals surface area contributed by atoms with Crippen LogP contribution in [0.2, 0.25) is 0 Å². The van der Waals surface area contributed by atoms with Gasteiger partial charge < -0.3 is 9.64 Å². The van der Waals surface area contributed by atoms with Crippen LogP contribution >= 0.6 is 0 Å². The average Bonchev–Trinajstić information content (AvgIpc) is 2.57. The van der Waals surface area contributed by atoms with Crippen LogP contribution in [0, 0.1) is 11.6 Å². The first-order valence-electron chi connectivity index (χ1n) is 7.47. The number of nitrogens with zero attached hydrogens (tertiary/aromatic N) is 1. The fourth-order valence-electron chi connectivity index (χ4n) is 2.85. The lowest BCUT2D eigenvalue weighted by molar-refractivity contribution is -0.132. The van der Waals surface area contributed by atoms with Gasteiger partial charge in [-0.1, -0.05) is 24.3 Å². The number of hydrogen-bond acceptors (Lipinski definition) is 2. The van der Waals surface area contributed by atoms with E-state index in [1.807, 2.05) is 24.3 Å². The highest BCUT2D eigenvalue weighted by molar-refractivity contribution is 5.84. The summed E-state index contributed by atoms with van der Waals surface area (Å²) in [6.45, 7) is 0.724. The van der Waals surface area contributed by atoms with E-state index in [1.165, 1.54) is 6.07 Å². The topological polar surface area (TPSA) is 29.5 Å². The molecule has 1 amide bonds. The van der Waals surface area contributed by atoms with E-state index < -0.39 is 11.6 Å². The second-order valence-corrected chi connectivity index (χ2v) is 5.67. The Kier molecular flexibility index (Phi) is 4.28. The number of carbonyl (C=O) groups excluding carboxylic acids is 1. The minimum atomic E-state index is -0.903. The number of likely N-dealkylation sites (N-methyl/N-ethyl adjacent to an activating group) is 1. The van der Waals surface area contributed by atoms with E-state index in [9.17, 15) is 13.6 Å². The molecule has 0 bridgehead atoms. The van der Waals surface area contributed by atoms with Crippen LogP contribution in [0.5, 0.6) is 5.75 Å². The lowest BCUT2D eigenvalue weighted by Crippen LogP contribution is -2.33. The molecule has 0 N–H and O–H groups in total. The fourth-order valence-corrected chi connectivity index (χ4v) is 2.85. The summed E-state index contributed by atoms with van der Waals surface area (Å²) in [6.07, 6.45) is 0.609. The normalized spacial score (nSPS) is 16.4. The average molecular weight is 317 g/mol. The molecule has 2 aromatic rings. The summed E-state index contributed by atoms with van der Waals surface area (Å²) in [5, 5.41) is 0. The molecule has 1 aliphatic heterocycles. The van der Waals surface area contributed by atoms with Crippen LogP contribution in [0.1, 0.15) is 23.5 Å². The summed E-state index contributed by atoms with van der Waals surface area (Å²) in [6, 6.07) is 11.2. The van der Waals surface area contributed by atoms with Crippen molar-refractivity contribution in [2.75, 3.05) is 13.7 Å². The summed E-state index contributed by atoms with van der Waals surface area (Å²) >= 11 is 0. The zero-order chi connectivity index (χ0) is 16.4. The molecule has 0 saturated carbocycles. The minimum Gasteiger partial charge on any atom is -0.493 e. The monoisotopic (exact) mass is 317 g/mol. The van der Waals surface area contributed by atoms with Gasteiger partial charge in [-0.3, -0.25) is 4.79 Å². The Balaban J connectivity index is 1.76. The molecule has 1 aliphatic rings. The summed E-state index contributed by atoms with van der Waals surface area (Å²) < 4.78 is 31.8. The van der Waals surface area contributed by atoms with Gasteiger partial charge in [-0.15, -0.1) is 0 Å². The lowest BCUT2D eigenvalue weighted by Gasteiger charge is -2.28. The molecule has 1 atom stereocenters. The number of rotatable bonds is 3. The van der Waals surface area contributed by atoms with E-state index >= 15 is 0 Å². The van der Waals surface area contributed by atoms with Crippen molar-refractivity contribution in [3.05, 3.63) is 65.2 Å². The van der Waals surface area contributed by atoms with Gasteiger partial charge in [0.15, 0.2) is 11.6 Å². The van der Waals surface area contributed by atoms with Crippen LogP contribution in [0.15, 0.2) is 42.5 Å². The van der Waals surface area contributed by atoms with Crippen molar-refractivity contribution in [1.82, 2.24) is 4.90 Å². The predicted molar refractivity (Wildman–Crippen MR) is 82.1 cm³/mol. The largest absolute Gasteiger partial charge is 0.493 e. The van der Waals surface area contributed by atoms with E-state index in [0.29, 0.717) is 18.6 Å². The molecule has 23 heavy (non-hydrogen) atoms. The first-order valence-corrected chi connectivity index (χ1v) is 7.47. The summed E-state index contributed by atoms with van der Waals surface area (Å²) in [7, 11) is 1.67. The van der Waals surface area contributed by atoms with E-state index in [1.54, 1.807) is 11.9 Å². The predicted octanol–water partition coefficient (Wildman–Crippen LogP) is 3.49. The first kappa shape index (κ1) is 15.5. The highest BCUT2D eigenvalue weighted by Gasteiger charge is 2.29. The standard InChI is InChI=1S/C18H17F2NO2/c1-21(11-12-6-7-15(19)16(20)10-12)18(22)14-8-9-23-17-5-3-2-4-13(14)17/h2-7,10,14H,8-9,11H2,1H3. The number of halogens is 2. The molecule has 5 heteroatoms. The van der Waals surface area contributed by atoms with Gasteiger partial charge in [-0.05, 0) is 30.2 Å². The maximum atomic E-state index is 13.3. The van der Waals surface area contributed by atoms with Gasteiger partial charge in [-0.2, -0.15) is 0 Å². The number of amides is 1. The van der Waals surface area contributed by atoms with Crippen LogP contribution in [-0.2, 0) is 11.3 Å². The minimum absolute atomic E-state index is 0.0505. The number of para-hydroxylation sites is 1. The van der Waals surface area contributed by atoms with Crippen molar-refractivity contribution in [2.45, 2.75) is 18.9 Å². The van der Waals surface area contributed by atoms with Crippen LogP contribution in [-0.4, -0.2) is 24.5 Å². The van der Waals surface area contributed by atoms with E-state index in [-0.39, 0.29) is 18.4 Å². The Bertz CT molecular complexity index is 733. The van der Waals surface area contributed by atoms with Crippen molar-refractivity contribution in [3.63, 3.8) is 0 Å². The van der Waals surface area contributed by atoms with Crippen LogP contribution < -0.4 is 4.74 Å². The maximum absolute atomic E-state index is 13.3. The second-order valence-electron chi connectivity index (χ2n) is 5.67. The van der Waals surface area contributed by atoms with Crippen LogP contribution in [0.3, 0.4) is 0 Å². The highest BCUT2D eigenvalue weighted by atomic mass is 19.2. The number of carbonyl (C=O) groups is 1. The van der Waals surface area contributed by atoms with E-state index in [4.69, 9.17) is 4.74 Å². The number of fused-ring (bicyclic) bond motifs is 1. The van der Waals surface area contributed by atoms with Gasteiger partial charge in [0.1, 0.15) is 5.75 Å². The Morgan fingerprint density at radius 2 is 2.00 bits per heavy atom. The molecular weight excluding hydrogens is 300 g/mol. The van der Waals surface area contributed by atoms with Gasteiger partial charge in [0.05, 0.1) is 12.5 Å². The Morgan fingerprint density at radius 1 is 1.22 bits per heavy atom. The molecule has 0 aromatic heterocycles. The van der Waals surface area contributed by atoms with E-state index in [2.05, 4.69) is 0 Å². The maximum Gasteiger partial charge on any atom is 0.230 e. The third kappa shape index (κ3) is 3.18. The molecule has 0 radical (unpaired) electrons. The van der Waals surface area contributed by atoms with Gasteiger partial charge in [0.25, 0.3) is 0 Å².